The van der Waals surface area contributed by atoms with Gasteiger partial charge in [0.15, 0.2) is 0 Å². The summed E-state index contributed by atoms with van der Waals surface area (Å²) >= 11 is 1.55. The zero-order valence-electron chi connectivity index (χ0n) is 14.5. The number of nitro benzene ring substituents is 1. The molecule has 0 saturated heterocycles. The lowest BCUT2D eigenvalue weighted by Crippen LogP contribution is -2.18. The van der Waals surface area contributed by atoms with Crippen molar-refractivity contribution in [3.05, 3.63) is 44.6 Å². The minimum Gasteiger partial charge on any atom is -0.258 e. The van der Waals surface area contributed by atoms with Crippen LogP contribution in [0.1, 0.15) is 39.5 Å². The summed E-state index contributed by atoms with van der Waals surface area (Å²) in [5.74, 6) is 0.764. The Labute approximate surface area is 150 Å². The monoisotopic (exact) mass is 358 g/mol. The molecule has 1 aliphatic carbocycles. The third-order valence-electron chi connectivity index (χ3n) is 4.45. The van der Waals surface area contributed by atoms with Crippen molar-refractivity contribution < 1.29 is 4.92 Å². The van der Waals surface area contributed by atoms with E-state index in [2.05, 4.69) is 11.9 Å². The highest BCUT2D eigenvalue weighted by atomic mass is 32.1. The first-order chi connectivity index (χ1) is 12.1. The number of hydrogen-bond donors (Lipinski definition) is 0. The smallest absolute Gasteiger partial charge is 0.258 e. The molecule has 0 spiro atoms. The zero-order chi connectivity index (χ0) is 17.8. The second kappa shape index (κ2) is 7.74. The van der Waals surface area contributed by atoms with E-state index in [1.54, 1.807) is 23.5 Å². The second-order valence-corrected chi connectivity index (χ2v) is 7.18. The standard InChI is InChI=1S/C18H22N4O2S/c1-3-19-18-21(20-15-8-4-13(2)5-9-15)17(12-25-18)14-6-10-16(11-7-14)22(23)24/h6-7,10-13H,3-5,8-9H2,1-2H3. The Bertz CT molecular complexity index is 839. The molecule has 6 nitrogen and oxygen atoms in total. The van der Waals surface area contributed by atoms with Gasteiger partial charge < -0.3 is 0 Å². The third-order valence-corrected chi connectivity index (χ3v) is 5.30. The highest BCUT2D eigenvalue weighted by Gasteiger charge is 2.16. The van der Waals surface area contributed by atoms with Crippen molar-refractivity contribution in [3.8, 4) is 11.3 Å². The molecule has 1 aromatic heterocycles. The van der Waals surface area contributed by atoms with E-state index in [1.807, 2.05) is 17.0 Å². The lowest BCUT2D eigenvalue weighted by Gasteiger charge is -2.19. The molecule has 1 aromatic carbocycles. The summed E-state index contributed by atoms with van der Waals surface area (Å²) in [5.41, 5.74) is 3.14. The van der Waals surface area contributed by atoms with Gasteiger partial charge in [0.1, 0.15) is 0 Å². The second-order valence-electron chi connectivity index (χ2n) is 6.34. The van der Waals surface area contributed by atoms with Crippen LogP contribution in [0.4, 0.5) is 5.69 Å². The van der Waals surface area contributed by atoms with E-state index in [-0.39, 0.29) is 10.6 Å². The van der Waals surface area contributed by atoms with Crippen molar-refractivity contribution >= 4 is 22.7 Å². The molecule has 132 valence electrons. The maximum Gasteiger partial charge on any atom is 0.269 e. The first-order valence-corrected chi connectivity index (χ1v) is 9.49. The van der Waals surface area contributed by atoms with Crippen LogP contribution < -0.4 is 4.80 Å². The number of nitro groups is 1. The van der Waals surface area contributed by atoms with Gasteiger partial charge in [-0.3, -0.25) is 15.1 Å². The summed E-state index contributed by atoms with van der Waals surface area (Å²) < 4.78 is 1.90. The molecule has 1 aliphatic rings. The molecule has 0 atom stereocenters. The molecule has 0 unspecified atom stereocenters. The Morgan fingerprint density at radius 3 is 2.56 bits per heavy atom. The minimum absolute atomic E-state index is 0.0941. The molecule has 1 heterocycles. The molecule has 2 aromatic rings. The van der Waals surface area contributed by atoms with Gasteiger partial charge in [0.2, 0.25) is 4.80 Å². The van der Waals surface area contributed by atoms with Crippen LogP contribution in [0.5, 0.6) is 0 Å². The summed E-state index contributed by atoms with van der Waals surface area (Å²) in [6, 6.07) is 6.61. The average molecular weight is 358 g/mol. The van der Waals surface area contributed by atoms with Gasteiger partial charge in [0.25, 0.3) is 5.69 Å². The number of benzene rings is 1. The molecule has 0 radical (unpaired) electrons. The van der Waals surface area contributed by atoms with Gasteiger partial charge in [-0.1, -0.05) is 6.92 Å². The fourth-order valence-electron chi connectivity index (χ4n) is 2.93. The van der Waals surface area contributed by atoms with Gasteiger partial charge in [0.05, 0.1) is 10.6 Å². The van der Waals surface area contributed by atoms with Crippen LogP contribution >= 0.6 is 11.3 Å². The van der Waals surface area contributed by atoms with Crippen molar-refractivity contribution in [2.24, 2.45) is 16.0 Å². The molecule has 0 bridgehead atoms. The number of rotatable bonds is 4. The van der Waals surface area contributed by atoms with E-state index in [0.717, 1.165) is 34.8 Å². The van der Waals surface area contributed by atoms with Gasteiger partial charge in [0, 0.05) is 35.3 Å². The highest BCUT2D eigenvalue weighted by molar-refractivity contribution is 7.07. The van der Waals surface area contributed by atoms with E-state index in [0.29, 0.717) is 6.54 Å². The van der Waals surface area contributed by atoms with Gasteiger partial charge in [-0.25, -0.2) is 4.68 Å². The number of thiazole rings is 1. The summed E-state index contributed by atoms with van der Waals surface area (Å²) in [6.45, 7) is 4.99. The van der Waals surface area contributed by atoms with Crippen LogP contribution in [0.2, 0.25) is 0 Å². The van der Waals surface area contributed by atoms with Crippen molar-refractivity contribution in [3.63, 3.8) is 0 Å². The van der Waals surface area contributed by atoms with Gasteiger partial charge in [-0.05, 0) is 50.7 Å². The predicted octanol–water partition coefficient (Wildman–Crippen LogP) is 4.46. The maximum absolute atomic E-state index is 10.9. The van der Waals surface area contributed by atoms with Crippen molar-refractivity contribution in [1.29, 1.82) is 0 Å². The van der Waals surface area contributed by atoms with Crippen molar-refractivity contribution in [1.82, 2.24) is 4.68 Å². The number of aromatic nitrogens is 1. The van der Waals surface area contributed by atoms with Crippen LogP contribution in [0.15, 0.2) is 39.7 Å². The molecule has 3 rings (SSSR count). The van der Waals surface area contributed by atoms with Crippen LogP contribution in [0, 0.1) is 16.0 Å². The maximum atomic E-state index is 10.9. The molecule has 7 heteroatoms. The van der Waals surface area contributed by atoms with Crippen LogP contribution in [-0.2, 0) is 0 Å². The lowest BCUT2D eigenvalue weighted by molar-refractivity contribution is -0.384. The molecule has 0 amide bonds. The van der Waals surface area contributed by atoms with Gasteiger partial charge in [-0.15, -0.1) is 11.3 Å². The average Bonchev–Trinajstić information content (AvgIpc) is 3.00. The van der Waals surface area contributed by atoms with Gasteiger partial charge in [-0.2, -0.15) is 5.10 Å². The summed E-state index contributed by atoms with van der Waals surface area (Å²) in [4.78, 5) is 15.9. The SMILES string of the molecule is CCN=c1scc(-c2ccc([N+](=O)[O-])cc2)n1N=C1CCC(C)CC1. The Balaban J connectivity index is 2.01. The largest absolute Gasteiger partial charge is 0.269 e. The number of nitrogens with zero attached hydrogens (tertiary/aromatic N) is 4. The number of hydrogen-bond acceptors (Lipinski definition) is 5. The summed E-state index contributed by atoms with van der Waals surface area (Å²) in [7, 11) is 0. The molecule has 1 saturated carbocycles. The normalized spacial score (nSPS) is 18.4. The van der Waals surface area contributed by atoms with E-state index >= 15 is 0 Å². The topological polar surface area (TPSA) is 72.8 Å². The van der Waals surface area contributed by atoms with E-state index in [1.165, 1.54) is 30.7 Å². The van der Waals surface area contributed by atoms with Gasteiger partial charge >= 0.3 is 0 Å². The molecule has 0 N–H and O–H groups in total. The zero-order valence-corrected chi connectivity index (χ0v) is 15.3. The predicted molar refractivity (Wildman–Crippen MR) is 101 cm³/mol. The summed E-state index contributed by atoms with van der Waals surface area (Å²) in [6.07, 6.45) is 4.40. The molecular formula is C18H22N4O2S. The quantitative estimate of drug-likeness (QED) is 0.598. The lowest BCUT2D eigenvalue weighted by atomic mass is 9.90. The fraction of sp³-hybridized carbons (Fsp3) is 0.444. The van der Waals surface area contributed by atoms with Crippen molar-refractivity contribution in [2.75, 3.05) is 6.54 Å². The Hall–Kier alpha value is -2.28. The van der Waals surface area contributed by atoms with E-state index < -0.39 is 0 Å². The Kier molecular flexibility index (Phi) is 5.43. The molecule has 25 heavy (non-hydrogen) atoms. The van der Waals surface area contributed by atoms with Crippen LogP contribution in [0.3, 0.4) is 0 Å². The molecule has 1 fully saturated rings. The van der Waals surface area contributed by atoms with E-state index in [4.69, 9.17) is 5.10 Å². The van der Waals surface area contributed by atoms with Crippen LogP contribution in [0.25, 0.3) is 11.3 Å². The van der Waals surface area contributed by atoms with Crippen molar-refractivity contribution in [2.45, 2.75) is 39.5 Å². The fourth-order valence-corrected chi connectivity index (χ4v) is 3.82. The molecule has 0 aliphatic heterocycles. The van der Waals surface area contributed by atoms with E-state index in [9.17, 15) is 10.1 Å². The highest BCUT2D eigenvalue weighted by Crippen LogP contribution is 2.25. The summed E-state index contributed by atoms with van der Waals surface area (Å²) in [5, 5.41) is 17.8. The Morgan fingerprint density at radius 2 is 1.96 bits per heavy atom. The molecular weight excluding hydrogens is 336 g/mol. The minimum atomic E-state index is -0.382. The first kappa shape index (κ1) is 17.5. The third kappa shape index (κ3) is 4.04. The number of non-ortho nitro benzene ring substituents is 1. The van der Waals surface area contributed by atoms with Crippen LogP contribution in [-0.4, -0.2) is 21.9 Å². The Morgan fingerprint density at radius 1 is 1.28 bits per heavy atom. The first-order valence-electron chi connectivity index (χ1n) is 8.61.